The molecule has 3 rings (SSSR count). The summed E-state index contributed by atoms with van der Waals surface area (Å²) in [4.78, 5) is 39.3. The number of imide groups is 1. The lowest BCUT2D eigenvalue weighted by Crippen LogP contribution is -2.58. The molecule has 7 heteroatoms. The van der Waals surface area contributed by atoms with Crippen molar-refractivity contribution in [2.24, 2.45) is 0 Å². The summed E-state index contributed by atoms with van der Waals surface area (Å²) in [6.07, 6.45) is 5.75. The molecule has 2 saturated heterocycles. The third kappa shape index (κ3) is 2.95. The molecule has 1 aliphatic carbocycles. The summed E-state index contributed by atoms with van der Waals surface area (Å²) in [7, 11) is 0. The van der Waals surface area contributed by atoms with Crippen molar-refractivity contribution in [2.75, 3.05) is 19.6 Å². The van der Waals surface area contributed by atoms with Crippen LogP contribution >= 0.6 is 0 Å². The van der Waals surface area contributed by atoms with Gasteiger partial charge >= 0.3 is 6.03 Å². The van der Waals surface area contributed by atoms with Crippen molar-refractivity contribution >= 4 is 17.8 Å². The normalized spacial score (nSPS) is 28.2. The SMILES string of the molecule is CC(C(=O)NC1CCCCC1)N1CCN2C(=O)NC(=O)C2C1. The van der Waals surface area contributed by atoms with Crippen molar-refractivity contribution in [3.8, 4) is 0 Å². The monoisotopic (exact) mass is 308 g/mol. The highest BCUT2D eigenvalue weighted by molar-refractivity contribution is 6.04. The van der Waals surface area contributed by atoms with Crippen LogP contribution in [-0.2, 0) is 9.59 Å². The highest BCUT2D eigenvalue weighted by atomic mass is 16.2. The highest BCUT2D eigenvalue weighted by Gasteiger charge is 2.43. The van der Waals surface area contributed by atoms with Crippen LogP contribution in [0.5, 0.6) is 0 Å². The maximum Gasteiger partial charge on any atom is 0.324 e. The van der Waals surface area contributed by atoms with Crippen LogP contribution in [0.15, 0.2) is 0 Å². The third-order valence-corrected chi connectivity index (χ3v) is 5.08. The van der Waals surface area contributed by atoms with E-state index in [0.29, 0.717) is 25.7 Å². The summed E-state index contributed by atoms with van der Waals surface area (Å²) in [6.45, 7) is 3.42. The predicted molar refractivity (Wildman–Crippen MR) is 80.1 cm³/mol. The Morgan fingerprint density at radius 2 is 1.95 bits per heavy atom. The molecule has 1 saturated carbocycles. The zero-order valence-corrected chi connectivity index (χ0v) is 13.0. The van der Waals surface area contributed by atoms with Gasteiger partial charge in [-0.3, -0.25) is 19.8 Å². The average molecular weight is 308 g/mol. The van der Waals surface area contributed by atoms with Crippen LogP contribution in [0, 0.1) is 0 Å². The molecule has 2 unspecified atom stereocenters. The fraction of sp³-hybridized carbons (Fsp3) is 0.800. The van der Waals surface area contributed by atoms with Gasteiger partial charge in [0.2, 0.25) is 5.91 Å². The Morgan fingerprint density at radius 1 is 1.23 bits per heavy atom. The zero-order chi connectivity index (χ0) is 15.7. The molecule has 7 nitrogen and oxygen atoms in total. The summed E-state index contributed by atoms with van der Waals surface area (Å²) in [5.74, 6) is -0.223. The molecule has 0 aromatic rings. The van der Waals surface area contributed by atoms with Crippen LogP contribution in [0.1, 0.15) is 39.0 Å². The Bertz CT molecular complexity index is 475. The maximum absolute atomic E-state index is 12.4. The van der Waals surface area contributed by atoms with Gasteiger partial charge in [0.15, 0.2) is 0 Å². The van der Waals surface area contributed by atoms with Gasteiger partial charge in [-0.2, -0.15) is 0 Å². The van der Waals surface area contributed by atoms with E-state index >= 15 is 0 Å². The standard InChI is InChI=1S/C15H24N4O3/c1-10(13(20)16-11-5-3-2-4-6-11)18-7-8-19-12(9-18)14(21)17-15(19)22/h10-12H,2-9H2,1H3,(H,16,20)(H,17,21,22). The van der Waals surface area contributed by atoms with Gasteiger partial charge in [0.05, 0.1) is 6.04 Å². The van der Waals surface area contributed by atoms with E-state index in [9.17, 15) is 14.4 Å². The number of nitrogens with one attached hydrogen (secondary N) is 2. The molecule has 2 N–H and O–H groups in total. The fourth-order valence-corrected chi connectivity index (χ4v) is 3.62. The molecular weight excluding hydrogens is 284 g/mol. The van der Waals surface area contributed by atoms with Crippen molar-refractivity contribution in [1.29, 1.82) is 0 Å². The maximum atomic E-state index is 12.4. The number of amides is 4. The van der Waals surface area contributed by atoms with E-state index in [0.717, 1.165) is 12.8 Å². The van der Waals surface area contributed by atoms with E-state index in [-0.39, 0.29) is 23.9 Å². The van der Waals surface area contributed by atoms with Gasteiger partial charge in [-0.25, -0.2) is 4.79 Å². The number of fused-ring (bicyclic) bond motifs is 1. The molecule has 3 aliphatic rings. The van der Waals surface area contributed by atoms with Crippen LogP contribution in [-0.4, -0.2) is 65.4 Å². The van der Waals surface area contributed by atoms with E-state index in [1.54, 1.807) is 4.90 Å². The van der Waals surface area contributed by atoms with Crippen LogP contribution in [0.2, 0.25) is 0 Å². The first-order valence-electron chi connectivity index (χ1n) is 8.22. The molecule has 4 amide bonds. The first-order chi connectivity index (χ1) is 10.6. The fourth-order valence-electron chi connectivity index (χ4n) is 3.62. The Kier molecular flexibility index (Phi) is 4.33. The number of carbonyl (C=O) groups excluding carboxylic acids is 3. The molecule has 0 radical (unpaired) electrons. The molecule has 122 valence electrons. The van der Waals surface area contributed by atoms with Crippen molar-refractivity contribution < 1.29 is 14.4 Å². The summed E-state index contributed by atoms with van der Waals surface area (Å²) in [6, 6.07) is -0.742. The van der Waals surface area contributed by atoms with Crippen molar-refractivity contribution in [3.63, 3.8) is 0 Å². The molecule has 0 bridgehead atoms. The summed E-state index contributed by atoms with van der Waals surface area (Å²) < 4.78 is 0. The van der Waals surface area contributed by atoms with E-state index in [1.165, 1.54) is 19.3 Å². The highest BCUT2D eigenvalue weighted by Crippen LogP contribution is 2.19. The molecule has 0 aromatic carbocycles. The lowest BCUT2D eigenvalue weighted by molar-refractivity contribution is -0.130. The van der Waals surface area contributed by atoms with Gasteiger partial charge in [0.25, 0.3) is 5.91 Å². The largest absolute Gasteiger partial charge is 0.352 e. The lowest BCUT2D eigenvalue weighted by Gasteiger charge is -2.38. The first kappa shape index (κ1) is 15.3. The van der Waals surface area contributed by atoms with E-state index < -0.39 is 6.04 Å². The molecule has 22 heavy (non-hydrogen) atoms. The molecule has 3 fully saturated rings. The number of urea groups is 1. The van der Waals surface area contributed by atoms with Crippen molar-refractivity contribution in [3.05, 3.63) is 0 Å². The topological polar surface area (TPSA) is 81.8 Å². The van der Waals surface area contributed by atoms with Gasteiger partial charge in [-0.05, 0) is 19.8 Å². The smallest absolute Gasteiger partial charge is 0.324 e. The van der Waals surface area contributed by atoms with Gasteiger partial charge in [0.1, 0.15) is 6.04 Å². The number of piperazine rings is 1. The van der Waals surface area contributed by atoms with Crippen LogP contribution in [0.3, 0.4) is 0 Å². The number of nitrogens with zero attached hydrogens (tertiary/aromatic N) is 2. The number of carbonyl (C=O) groups is 3. The minimum atomic E-state index is -0.453. The molecule has 0 aromatic heterocycles. The Balaban J connectivity index is 1.56. The minimum absolute atomic E-state index is 0.0325. The van der Waals surface area contributed by atoms with E-state index in [1.807, 2.05) is 11.8 Å². The number of hydrogen-bond donors (Lipinski definition) is 2. The summed E-state index contributed by atoms with van der Waals surface area (Å²) in [5.41, 5.74) is 0. The van der Waals surface area contributed by atoms with Crippen molar-refractivity contribution in [1.82, 2.24) is 20.4 Å². The second-order valence-electron chi connectivity index (χ2n) is 6.52. The third-order valence-electron chi connectivity index (χ3n) is 5.08. The molecular formula is C15H24N4O3. The molecule has 2 heterocycles. The van der Waals surface area contributed by atoms with Gasteiger partial charge in [-0.15, -0.1) is 0 Å². The van der Waals surface area contributed by atoms with E-state index in [2.05, 4.69) is 10.6 Å². The summed E-state index contributed by atoms with van der Waals surface area (Å²) >= 11 is 0. The Labute approximate surface area is 130 Å². The number of hydrogen-bond acceptors (Lipinski definition) is 4. The average Bonchev–Trinajstić information content (AvgIpc) is 2.82. The van der Waals surface area contributed by atoms with Gasteiger partial charge < -0.3 is 10.2 Å². The zero-order valence-electron chi connectivity index (χ0n) is 13.0. The first-order valence-corrected chi connectivity index (χ1v) is 8.22. The summed E-state index contributed by atoms with van der Waals surface area (Å²) in [5, 5.41) is 5.47. The minimum Gasteiger partial charge on any atom is -0.352 e. The second-order valence-corrected chi connectivity index (χ2v) is 6.52. The van der Waals surface area contributed by atoms with Crippen LogP contribution in [0.4, 0.5) is 4.79 Å². The predicted octanol–water partition coefficient (Wildman–Crippen LogP) is 0.0598. The Hall–Kier alpha value is -1.63. The molecule has 0 spiro atoms. The quantitative estimate of drug-likeness (QED) is 0.722. The molecule has 2 aliphatic heterocycles. The van der Waals surface area contributed by atoms with Crippen LogP contribution < -0.4 is 10.6 Å². The van der Waals surface area contributed by atoms with Crippen molar-refractivity contribution in [2.45, 2.75) is 57.2 Å². The van der Waals surface area contributed by atoms with Gasteiger partial charge in [0, 0.05) is 25.7 Å². The lowest BCUT2D eigenvalue weighted by atomic mass is 9.95. The number of rotatable bonds is 3. The Morgan fingerprint density at radius 3 is 2.68 bits per heavy atom. The van der Waals surface area contributed by atoms with Gasteiger partial charge in [-0.1, -0.05) is 19.3 Å². The van der Waals surface area contributed by atoms with Crippen LogP contribution in [0.25, 0.3) is 0 Å². The van der Waals surface area contributed by atoms with E-state index in [4.69, 9.17) is 0 Å². The molecule has 2 atom stereocenters. The second kappa shape index (κ2) is 6.24.